The predicted molar refractivity (Wildman–Crippen MR) is 122 cm³/mol. The molecule has 2 nitrogen and oxygen atoms in total. The van der Waals surface area contributed by atoms with E-state index in [4.69, 9.17) is 23.2 Å². The Hall–Kier alpha value is -0.910. The molecule has 2 aromatic carbocycles. The fourth-order valence-electron chi connectivity index (χ4n) is 3.62. The molecule has 0 N–H and O–H groups in total. The molecule has 27 heavy (non-hydrogen) atoms. The quantitative estimate of drug-likeness (QED) is 0.403. The average molecular weight is 437 g/mol. The molecule has 0 bridgehead atoms. The van der Waals surface area contributed by atoms with E-state index in [1.165, 1.54) is 15.8 Å². The third-order valence-corrected chi connectivity index (χ3v) is 8.43. The fourth-order valence-corrected chi connectivity index (χ4v) is 6.39. The zero-order valence-electron chi connectivity index (χ0n) is 15.2. The van der Waals surface area contributed by atoms with Crippen LogP contribution in [-0.4, -0.2) is 36.5 Å². The molecule has 1 atom stereocenters. The van der Waals surface area contributed by atoms with Crippen molar-refractivity contribution in [1.29, 1.82) is 0 Å². The van der Waals surface area contributed by atoms with Crippen LogP contribution in [0.3, 0.4) is 0 Å². The second-order valence-corrected chi connectivity index (χ2v) is 9.59. The highest BCUT2D eigenvalue weighted by Gasteiger charge is 2.25. The summed E-state index contributed by atoms with van der Waals surface area (Å²) in [5, 5.41) is 5.40. The molecule has 0 radical (unpaired) electrons. The summed E-state index contributed by atoms with van der Waals surface area (Å²) in [6.07, 6.45) is 1.06. The zero-order chi connectivity index (χ0) is 18.8. The maximum Gasteiger partial charge on any atom is 0.0604 e. The van der Waals surface area contributed by atoms with Crippen LogP contribution in [-0.2, 0) is 0 Å². The van der Waals surface area contributed by atoms with Gasteiger partial charge in [-0.2, -0.15) is 0 Å². The molecule has 1 aliphatic rings. The number of thiophene rings is 1. The first-order valence-electron chi connectivity index (χ1n) is 9.23. The monoisotopic (exact) mass is 436 g/mol. The standard InChI is InChI=1S/C21H22Cl2N2S2/c1-2-19(27-21-16(22)6-4-7-17(21)23)25-12-10-24(11-13-25)18-8-3-5-15-9-14-26-20(15)18/h3-9,14,19H,2,10-13H2,1H3. The number of benzene rings is 2. The molecule has 1 aliphatic heterocycles. The van der Waals surface area contributed by atoms with E-state index in [1.54, 1.807) is 11.8 Å². The Labute approximate surface area is 179 Å². The second-order valence-electron chi connectivity index (χ2n) is 6.67. The van der Waals surface area contributed by atoms with Gasteiger partial charge in [-0.1, -0.05) is 48.3 Å². The van der Waals surface area contributed by atoms with Crippen LogP contribution < -0.4 is 4.90 Å². The topological polar surface area (TPSA) is 6.48 Å². The highest BCUT2D eigenvalue weighted by Crippen LogP contribution is 2.39. The van der Waals surface area contributed by atoms with Gasteiger partial charge in [-0.15, -0.1) is 23.1 Å². The molecular formula is C21H22Cl2N2S2. The molecule has 6 heteroatoms. The van der Waals surface area contributed by atoms with Crippen molar-refractivity contribution >= 4 is 62.1 Å². The van der Waals surface area contributed by atoms with Gasteiger partial charge in [0.2, 0.25) is 0 Å². The molecule has 1 saturated heterocycles. The molecule has 1 fully saturated rings. The van der Waals surface area contributed by atoms with Crippen LogP contribution in [0.15, 0.2) is 52.7 Å². The molecule has 0 aliphatic carbocycles. The summed E-state index contributed by atoms with van der Waals surface area (Å²) in [5.41, 5.74) is 1.37. The van der Waals surface area contributed by atoms with Gasteiger partial charge in [-0.05, 0) is 41.5 Å². The summed E-state index contributed by atoms with van der Waals surface area (Å²) in [6, 6.07) is 14.6. The van der Waals surface area contributed by atoms with Crippen molar-refractivity contribution in [3.8, 4) is 0 Å². The van der Waals surface area contributed by atoms with Crippen molar-refractivity contribution in [3.05, 3.63) is 57.9 Å². The smallest absolute Gasteiger partial charge is 0.0604 e. The fraction of sp³-hybridized carbons (Fsp3) is 0.333. The van der Waals surface area contributed by atoms with Crippen LogP contribution in [0.1, 0.15) is 13.3 Å². The summed E-state index contributed by atoms with van der Waals surface area (Å²) >= 11 is 16.4. The minimum Gasteiger partial charge on any atom is -0.368 e. The number of thioether (sulfide) groups is 1. The Kier molecular flexibility index (Phi) is 6.20. The van der Waals surface area contributed by atoms with Crippen molar-refractivity contribution in [2.75, 3.05) is 31.1 Å². The number of hydrogen-bond donors (Lipinski definition) is 0. The van der Waals surface area contributed by atoms with Crippen molar-refractivity contribution in [3.63, 3.8) is 0 Å². The maximum absolute atomic E-state index is 6.39. The molecule has 0 saturated carbocycles. The number of hydrogen-bond acceptors (Lipinski definition) is 4. The van der Waals surface area contributed by atoms with Crippen LogP contribution in [0.2, 0.25) is 10.0 Å². The summed E-state index contributed by atoms with van der Waals surface area (Å²) in [4.78, 5) is 6.09. The lowest BCUT2D eigenvalue weighted by atomic mass is 10.2. The van der Waals surface area contributed by atoms with Crippen LogP contribution in [0.4, 0.5) is 5.69 Å². The molecule has 142 valence electrons. The average Bonchev–Trinajstić information content (AvgIpc) is 3.17. The van der Waals surface area contributed by atoms with Crippen molar-refractivity contribution in [2.45, 2.75) is 23.6 Å². The van der Waals surface area contributed by atoms with Gasteiger partial charge in [0.1, 0.15) is 0 Å². The van der Waals surface area contributed by atoms with Crippen molar-refractivity contribution in [1.82, 2.24) is 4.90 Å². The first-order valence-corrected chi connectivity index (χ1v) is 11.7. The number of anilines is 1. The highest BCUT2D eigenvalue weighted by atomic mass is 35.5. The lowest BCUT2D eigenvalue weighted by molar-refractivity contribution is 0.237. The summed E-state index contributed by atoms with van der Waals surface area (Å²) in [6.45, 7) is 6.43. The van der Waals surface area contributed by atoms with Gasteiger partial charge in [0.25, 0.3) is 0 Å². The lowest BCUT2D eigenvalue weighted by Crippen LogP contribution is -2.49. The van der Waals surface area contributed by atoms with Crippen molar-refractivity contribution < 1.29 is 0 Å². The molecule has 0 spiro atoms. The Bertz CT molecular complexity index is 899. The van der Waals surface area contributed by atoms with Gasteiger partial charge in [0.05, 0.1) is 25.8 Å². The van der Waals surface area contributed by atoms with Gasteiger partial charge < -0.3 is 4.90 Å². The number of halogens is 2. The van der Waals surface area contributed by atoms with E-state index in [-0.39, 0.29) is 0 Å². The minimum absolute atomic E-state index is 0.391. The first kappa shape index (κ1) is 19.4. The summed E-state index contributed by atoms with van der Waals surface area (Å²) in [5.74, 6) is 0. The van der Waals surface area contributed by atoms with E-state index in [0.29, 0.717) is 5.37 Å². The van der Waals surface area contributed by atoms with Crippen LogP contribution in [0.5, 0.6) is 0 Å². The summed E-state index contributed by atoms with van der Waals surface area (Å²) in [7, 11) is 0. The molecule has 1 unspecified atom stereocenters. The van der Waals surface area contributed by atoms with Gasteiger partial charge in [-0.3, -0.25) is 4.90 Å². The first-order chi connectivity index (χ1) is 13.2. The molecule has 4 rings (SSSR count). The normalized spacial score (nSPS) is 16.8. The van der Waals surface area contributed by atoms with Gasteiger partial charge in [0.15, 0.2) is 0 Å². The van der Waals surface area contributed by atoms with Crippen LogP contribution in [0, 0.1) is 0 Å². The molecule has 0 amide bonds. The number of nitrogens with zero attached hydrogens (tertiary/aromatic N) is 2. The number of piperazine rings is 1. The number of rotatable bonds is 5. The molecule has 3 aromatic rings. The molecule has 2 heterocycles. The second kappa shape index (κ2) is 8.62. The third-order valence-electron chi connectivity index (χ3n) is 5.04. The van der Waals surface area contributed by atoms with E-state index in [1.807, 2.05) is 29.5 Å². The maximum atomic E-state index is 6.39. The van der Waals surface area contributed by atoms with E-state index in [0.717, 1.165) is 47.5 Å². The number of fused-ring (bicyclic) bond motifs is 1. The summed E-state index contributed by atoms with van der Waals surface area (Å²) < 4.78 is 1.40. The van der Waals surface area contributed by atoms with E-state index in [9.17, 15) is 0 Å². The Balaban J connectivity index is 1.45. The third kappa shape index (κ3) is 4.10. The zero-order valence-corrected chi connectivity index (χ0v) is 18.3. The largest absolute Gasteiger partial charge is 0.368 e. The highest BCUT2D eigenvalue weighted by molar-refractivity contribution is 8.00. The van der Waals surface area contributed by atoms with E-state index in [2.05, 4.69) is 46.4 Å². The van der Waals surface area contributed by atoms with E-state index >= 15 is 0 Å². The van der Waals surface area contributed by atoms with Crippen molar-refractivity contribution in [2.24, 2.45) is 0 Å². The molecular weight excluding hydrogens is 415 g/mol. The van der Waals surface area contributed by atoms with Gasteiger partial charge in [-0.25, -0.2) is 0 Å². The Morgan fingerprint density at radius 1 is 1.00 bits per heavy atom. The van der Waals surface area contributed by atoms with E-state index < -0.39 is 0 Å². The van der Waals surface area contributed by atoms with Gasteiger partial charge >= 0.3 is 0 Å². The Morgan fingerprint density at radius 2 is 1.70 bits per heavy atom. The van der Waals surface area contributed by atoms with Crippen LogP contribution >= 0.6 is 46.3 Å². The molecule has 1 aromatic heterocycles. The minimum atomic E-state index is 0.391. The lowest BCUT2D eigenvalue weighted by Gasteiger charge is -2.40. The predicted octanol–water partition coefficient (Wildman–Crippen LogP) is 6.86. The van der Waals surface area contributed by atoms with Crippen LogP contribution in [0.25, 0.3) is 10.1 Å². The Morgan fingerprint density at radius 3 is 2.41 bits per heavy atom. The van der Waals surface area contributed by atoms with Gasteiger partial charge in [0, 0.05) is 31.1 Å². The SMILES string of the molecule is CCC(Sc1c(Cl)cccc1Cl)N1CCN(c2cccc3ccsc23)CC1.